The smallest absolute Gasteiger partial charge is 0.372 e. The Bertz CT molecular complexity index is 941. The molecule has 0 radical (unpaired) electrons. The fourth-order valence-corrected chi connectivity index (χ4v) is 2.85. The fraction of sp³-hybridized carbons (Fsp3) is 0.143. The van der Waals surface area contributed by atoms with Crippen LogP contribution in [0.5, 0.6) is 5.75 Å². The van der Waals surface area contributed by atoms with Crippen LogP contribution in [0.15, 0.2) is 41.3 Å². The summed E-state index contributed by atoms with van der Waals surface area (Å²) < 4.78 is 80.1. The summed E-state index contributed by atoms with van der Waals surface area (Å²) >= 11 is 0. The number of nitro groups is 1. The number of hydrogen-bond acceptors (Lipinski definition) is 5. The van der Waals surface area contributed by atoms with E-state index in [2.05, 4.69) is 4.18 Å². The summed E-state index contributed by atoms with van der Waals surface area (Å²) in [6.07, 6.45) is -5.12. The lowest BCUT2D eigenvalue weighted by Crippen LogP contribution is -2.14. The van der Waals surface area contributed by atoms with Crippen molar-refractivity contribution >= 4 is 15.8 Å². The third-order valence-corrected chi connectivity index (χ3v) is 4.27. The van der Waals surface area contributed by atoms with Crippen LogP contribution in [0.4, 0.5) is 23.2 Å². The fourth-order valence-electron chi connectivity index (χ4n) is 1.88. The molecule has 6 nitrogen and oxygen atoms in total. The van der Waals surface area contributed by atoms with Crippen LogP contribution in [0.3, 0.4) is 0 Å². The van der Waals surface area contributed by atoms with Gasteiger partial charge in [-0.25, -0.2) is 4.39 Å². The van der Waals surface area contributed by atoms with E-state index < -0.39 is 48.9 Å². The average Bonchev–Trinajstić information content (AvgIpc) is 2.47. The molecule has 0 bridgehead atoms. The molecule has 0 unspecified atom stereocenters. The number of nitrogens with zero attached hydrogens (tertiary/aromatic N) is 1. The lowest BCUT2D eigenvalue weighted by atomic mass is 10.2. The van der Waals surface area contributed by atoms with Crippen molar-refractivity contribution in [1.29, 1.82) is 0 Å². The predicted octanol–water partition coefficient (Wildman–Crippen LogP) is 3.83. The standard InChI is InChI=1S/C14H9F4NO5S/c1-8-2-5-13(12(6-8)19(20)21)24-25(22,23)9-3-4-11(15)10(7-9)14(16,17)18/h2-7H,1H3. The van der Waals surface area contributed by atoms with E-state index in [0.717, 1.165) is 12.1 Å². The van der Waals surface area contributed by atoms with Crippen molar-refractivity contribution in [3.8, 4) is 5.75 Å². The van der Waals surface area contributed by atoms with Crippen molar-refractivity contribution < 1.29 is 35.1 Å². The molecule has 0 atom stereocenters. The molecule has 0 aliphatic heterocycles. The van der Waals surface area contributed by atoms with Crippen LogP contribution < -0.4 is 4.18 Å². The topological polar surface area (TPSA) is 86.5 Å². The molecule has 134 valence electrons. The van der Waals surface area contributed by atoms with Crippen LogP contribution >= 0.6 is 0 Å². The summed E-state index contributed by atoms with van der Waals surface area (Å²) in [6, 6.07) is 4.31. The first-order valence-electron chi connectivity index (χ1n) is 6.48. The number of benzene rings is 2. The van der Waals surface area contributed by atoms with Crippen LogP contribution in [-0.4, -0.2) is 13.3 Å². The Morgan fingerprint density at radius 3 is 2.32 bits per heavy atom. The molecule has 25 heavy (non-hydrogen) atoms. The minimum atomic E-state index is -5.12. The van der Waals surface area contributed by atoms with E-state index >= 15 is 0 Å². The molecule has 2 aromatic carbocycles. The van der Waals surface area contributed by atoms with E-state index in [4.69, 9.17) is 0 Å². The molecular weight excluding hydrogens is 370 g/mol. The van der Waals surface area contributed by atoms with Crippen molar-refractivity contribution in [3.63, 3.8) is 0 Å². The lowest BCUT2D eigenvalue weighted by Gasteiger charge is -2.11. The molecule has 0 aliphatic carbocycles. The van der Waals surface area contributed by atoms with Crippen LogP contribution in [0.25, 0.3) is 0 Å². The maximum Gasteiger partial charge on any atom is 0.419 e. The number of nitro benzene ring substituents is 1. The minimum absolute atomic E-state index is 0.0602. The molecule has 0 fully saturated rings. The average molecular weight is 379 g/mol. The highest BCUT2D eigenvalue weighted by Crippen LogP contribution is 2.34. The highest BCUT2D eigenvalue weighted by atomic mass is 32.2. The number of aryl methyl sites for hydroxylation is 1. The third-order valence-electron chi connectivity index (χ3n) is 3.04. The summed E-state index contributed by atoms with van der Waals surface area (Å²) in [6.45, 7) is 1.51. The minimum Gasteiger partial charge on any atom is -0.372 e. The van der Waals surface area contributed by atoms with Gasteiger partial charge in [0, 0.05) is 6.07 Å². The molecule has 0 aromatic heterocycles. The Balaban J connectivity index is 2.50. The maximum absolute atomic E-state index is 13.3. The van der Waals surface area contributed by atoms with E-state index in [0.29, 0.717) is 17.7 Å². The van der Waals surface area contributed by atoms with E-state index in [1.807, 2.05) is 0 Å². The molecule has 0 spiro atoms. The molecule has 0 saturated heterocycles. The van der Waals surface area contributed by atoms with Crippen molar-refractivity contribution in [3.05, 3.63) is 63.5 Å². The second-order valence-corrected chi connectivity index (χ2v) is 6.45. The maximum atomic E-state index is 13.3. The first-order chi connectivity index (χ1) is 11.4. The summed E-state index contributed by atoms with van der Waals surface area (Å²) in [7, 11) is -4.85. The van der Waals surface area contributed by atoms with Gasteiger partial charge < -0.3 is 4.18 Å². The molecule has 11 heteroatoms. The zero-order valence-electron chi connectivity index (χ0n) is 12.4. The molecule has 0 saturated carbocycles. The van der Waals surface area contributed by atoms with Crippen LogP contribution in [0, 0.1) is 22.9 Å². The largest absolute Gasteiger partial charge is 0.419 e. The second kappa shape index (κ2) is 6.31. The van der Waals surface area contributed by atoms with Crippen LogP contribution in [0.2, 0.25) is 0 Å². The van der Waals surface area contributed by atoms with Gasteiger partial charge in [-0.3, -0.25) is 10.1 Å². The third kappa shape index (κ3) is 4.05. The quantitative estimate of drug-likeness (QED) is 0.349. The number of alkyl halides is 3. The second-order valence-electron chi connectivity index (χ2n) is 4.91. The molecule has 2 aromatic rings. The highest BCUT2D eigenvalue weighted by molar-refractivity contribution is 7.87. The Morgan fingerprint density at radius 1 is 1.12 bits per heavy atom. The van der Waals surface area contributed by atoms with Gasteiger partial charge in [-0.05, 0) is 36.8 Å². The van der Waals surface area contributed by atoms with Crippen LogP contribution in [-0.2, 0) is 16.3 Å². The van der Waals surface area contributed by atoms with Gasteiger partial charge in [-0.2, -0.15) is 21.6 Å². The first-order valence-corrected chi connectivity index (χ1v) is 7.89. The molecule has 0 N–H and O–H groups in total. The Morgan fingerprint density at radius 2 is 1.76 bits per heavy atom. The Labute approximate surface area is 138 Å². The molecule has 2 rings (SSSR count). The van der Waals surface area contributed by atoms with E-state index in [9.17, 15) is 36.1 Å². The van der Waals surface area contributed by atoms with Gasteiger partial charge in [-0.15, -0.1) is 0 Å². The van der Waals surface area contributed by atoms with Gasteiger partial charge in [0.1, 0.15) is 10.7 Å². The first kappa shape index (κ1) is 18.6. The van der Waals surface area contributed by atoms with E-state index in [-0.39, 0.29) is 6.07 Å². The van der Waals surface area contributed by atoms with Gasteiger partial charge in [0.05, 0.1) is 10.5 Å². The van der Waals surface area contributed by atoms with Crippen molar-refractivity contribution in [2.75, 3.05) is 0 Å². The van der Waals surface area contributed by atoms with Gasteiger partial charge in [0.2, 0.25) is 5.75 Å². The monoisotopic (exact) mass is 379 g/mol. The van der Waals surface area contributed by atoms with Gasteiger partial charge in [0.15, 0.2) is 0 Å². The number of halogens is 4. The molecule has 0 amide bonds. The zero-order valence-corrected chi connectivity index (χ0v) is 13.2. The highest BCUT2D eigenvalue weighted by Gasteiger charge is 2.36. The molecular formula is C14H9F4NO5S. The van der Waals surface area contributed by atoms with Gasteiger partial charge >= 0.3 is 22.0 Å². The Kier molecular flexibility index (Phi) is 4.71. The van der Waals surface area contributed by atoms with Gasteiger partial charge in [-0.1, -0.05) is 6.07 Å². The van der Waals surface area contributed by atoms with Gasteiger partial charge in [0.25, 0.3) is 0 Å². The summed E-state index contributed by atoms with van der Waals surface area (Å²) in [5.74, 6) is -2.33. The zero-order chi connectivity index (χ0) is 19.0. The van der Waals surface area contributed by atoms with Crippen molar-refractivity contribution in [1.82, 2.24) is 0 Å². The van der Waals surface area contributed by atoms with Crippen LogP contribution in [0.1, 0.15) is 11.1 Å². The lowest BCUT2D eigenvalue weighted by molar-refractivity contribution is -0.385. The summed E-state index contributed by atoms with van der Waals surface area (Å²) in [5.41, 5.74) is -2.03. The summed E-state index contributed by atoms with van der Waals surface area (Å²) in [4.78, 5) is 9.07. The van der Waals surface area contributed by atoms with E-state index in [1.165, 1.54) is 13.0 Å². The summed E-state index contributed by atoms with van der Waals surface area (Å²) in [5, 5.41) is 11.0. The number of rotatable bonds is 4. The SMILES string of the molecule is Cc1ccc(OS(=O)(=O)c2ccc(F)c(C(F)(F)F)c2)c([N+](=O)[O-])c1. The Hall–Kier alpha value is -2.69. The predicted molar refractivity (Wildman–Crippen MR) is 77.0 cm³/mol. The van der Waals surface area contributed by atoms with E-state index in [1.54, 1.807) is 0 Å². The number of hydrogen-bond donors (Lipinski definition) is 0. The molecule has 0 aliphatic rings. The van der Waals surface area contributed by atoms with Crippen molar-refractivity contribution in [2.45, 2.75) is 18.0 Å². The van der Waals surface area contributed by atoms with Crippen molar-refractivity contribution in [2.24, 2.45) is 0 Å². The molecule has 0 heterocycles. The normalized spacial score (nSPS) is 12.0.